The number of rotatable bonds is 4. The highest BCUT2D eigenvalue weighted by molar-refractivity contribution is 9.10. The average Bonchev–Trinajstić information content (AvgIpc) is 2.46. The van der Waals surface area contributed by atoms with Crippen LogP contribution in [0, 0.1) is 5.82 Å². The number of benzene rings is 2. The van der Waals surface area contributed by atoms with Gasteiger partial charge in [0.25, 0.3) is 0 Å². The van der Waals surface area contributed by atoms with E-state index >= 15 is 0 Å². The molecule has 0 saturated heterocycles. The second-order valence-corrected chi connectivity index (χ2v) is 5.49. The third-order valence-corrected chi connectivity index (χ3v) is 3.74. The first-order valence-electron chi connectivity index (χ1n) is 6.24. The van der Waals surface area contributed by atoms with Crippen molar-refractivity contribution in [2.24, 2.45) is 10.9 Å². The molecule has 0 spiro atoms. The highest BCUT2D eigenvalue weighted by Gasteiger charge is 2.09. The van der Waals surface area contributed by atoms with Crippen molar-refractivity contribution >= 4 is 27.5 Å². The number of nitrogens with two attached hydrogens (primary N) is 1. The Hall–Kier alpha value is -2.08. The molecule has 0 aromatic heterocycles. The molecule has 0 aliphatic carbocycles. The van der Waals surface area contributed by atoms with Gasteiger partial charge >= 0.3 is 0 Å². The van der Waals surface area contributed by atoms with Crippen molar-refractivity contribution < 1.29 is 9.60 Å². The second-order valence-electron chi connectivity index (χ2n) is 4.64. The molecule has 4 nitrogen and oxygen atoms in total. The number of hydrogen-bond donors (Lipinski definition) is 2. The lowest BCUT2D eigenvalue weighted by Gasteiger charge is -2.20. The fourth-order valence-corrected chi connectivity index (χ4v) is 2.57. The molecule has 2 rings (SSSR count). The van der Waals surface area contributed by atoms with Crippen LogP contribution in [0.5, 0.6) is 0 Å². The molecule has 0 atom stereocenters. The van der Waals surface area contributed by atoms with E-state index in [1.807, 2.05) is 30.1 Å². The van der Waals surface area contributed by atoms with Gasteiger partial charge in [0.2, 0.25) is 0 Å². The van der Waals surface area contributed by atoms with Crippen LogP contribution in [0.3, 0.4) is 0 Å². The van der Waals surface area contributed by atoms with Crippen LogP contribution in [0.2, 0.25) is 0 Å². The Morgan fingerprint density at radius 3 is 2.71 bits per heavy atom. The van der Waals surface area contributed by atoms with Gasteiger partial charge in [-0.25, -0.2) is 4.39 Å². The number of anilines is 1. The Bertz CT molecular complexity index is 676. The van der Waals surface area contributed by atoms with Gasteiger partial charge in [-0.2, -0.15) is 0 Å². The van der Waals surface area contributed by atoms with Gasteiger partial charge in [0, 0.05) is 29.3 Å². The molecule has 0 heterocycles. The van der Waals surface area contributed by atoms with Gasteiger partial charge in [-0.1, -0.05) is 17.3 Å². The Morgan fingerprint density at radius 2 is 2.10 bits per heavy atom. The summed E-state index contributed by atoms with van der Waals surface area (Å²) in [4.78, 5) is 1.98. The van der Waals surface area contributed by atoms with Crippen molar-refractivity contribution in [3.8, 4) is 0 Å². The molecule has 21 heavy (non-hydrogen) atoms. The van der Waals surface area contributed by atoms with E-state index in [1.54, 1.807) is 12.1 Å². The third kappa shape index (κ3) is 3.72. The molecular formula is C15H15BrFN3O. The van der Waals surface area contributed by atoms with Crippen LogP contribution in [0.25, 0.3) is 0 Å². The molecule has 0 saturated carbocycles. The smallest absolute Gasteiger partial charge is 0.171 e. The maximum Gasteiger partial charge on any atom is 0.171 e. The number of hydrogen-bond acceptors (Lipinski definition) is 3. The van der Waals surface area contributed by atoms with Gasteiger partial charge in [-0.15, -0.1) is 0 Å². The van der Waals surface area contributed by atoms with Gasteiger partial charge in [-0.05, 0) is 51.8 Å². The van der Waals surface area contributed by atoms with Crippen molar-refractivity contribution in [3.63, 3.8) is 0 Å². The molecule has 0 fully saturated rings. The third-order valence-electron chi connectivity index (χ3n) is 3.09. The Morgan fingerprint density at radius 1 is 1.33 bits per heavy atom. The minimum absolute atomic E-state index is 0.0428. The first kappa shape index (κ1) is 15.3. The Labute approximate surface area is 130 Å². The van der Waals surface area contributed by atoms with Crippen LogP contribution in [-0.4, -0.2) is 18.1 Å². The highest BCUT2D eigenvalue weighted by Crippen LogP contribution is 2.24. The number of oxime groups is 1. The largest absolute Gasteiger partial charge is 0.409 e. The maximum absolute atomic E-state index is 13.2. The summed E-state index contributed by atoms with van der Waals surface area (Å²) in [6.07, 6.45) is 0. The van der Waals surface area contributed by atoms with Crippen LogP contribution in [-0.2, 0) is 6.54 Å². The Balaban J connectivity index is 2.20. The summed E-state index contributed by atoms with van der Waals surface area (Å²) in [5.74, 6) is -0.203. The molecule has 2 aromatic rings. The van der Waals surface area contributed by atoms with Gasteiger partial charge in [-0.3, -0.25) is 0 Å². The van der Waals surface area contributed by atoms with Crippen LogP contribution in [0.4, 0.5) is 10.1 Å². The molecule has 6 heteroatoms. The molecule has 0 unspecified atom stereocenters. The van der Waals surface area contributed by atoms with Gasteiger partial charge in [0.15, 0.2) is 5.84 Å². The van der Waals surface area contributed by atoms with E-state index in [0.29, 0.717) is 12.1 Å². The van der Waals surface area contributed by atoms with E-state index in [1.165, 1.54) is 12.1 Å². The topological polar surface area (TPSA) is 61.8 Å². The molecule has 3 N–H and O–H groups in total. The van der Waals surface area contributed by atoms with Crippen molar-refractivity contribution in [2.75, 3.05) is 11.9 Å². The van der Waals surface area contributed by atoms with E-state index in [4.69, 9.17) is 10.9 Å². The molecule has 0 aliphatic heterocycles. The molecule has 110 valence electrons. The van der Waals surface area contributed by atoms with Crippen LogP contribution < -0.4 is 10.6 Å². The first-order chi connectivity index (χ1) is 10.0. The number of amidine groups is 1. The van der Waals surface area contributed by atoms with Gasteiger partial charge in [0.05, 0.1) is 0 Å². The summed E-state index contributed by atoms with van der Waals surface area (Å²) < 4.78 is 13.9. The molecule has 0 bridgehead atoms. The van der Waals surface area contributed by atoms with E-state index < -0.39 is 0 Å². The van der Waals surface area contributed by atoms with Crippen LogP contribution in [0.15, 0.2) is 52.1 Å². The summed E-state index contributed by atoms with van der Waals surface area (Å²) in [6, 6.07) is 12.0. The van der Waals surface area contributed by atoms with Crippen LogP contribution >= 0.6 is 15.9 Å². The lowest BCUT2D eigenvalue weighted by molar-refractivity contribution is 0.318. The summed E-state index contributed by atoms with van der Waals surface area (Å²) in [7, 11) is 1.91. The summed E-state index contributed by atoms with van der Waals surface area (Å²) >= 11 is 3.40. The SMILES string of the molecule is CN(Cc1cccc(F)c1)c1ccc(/C(N)=N/O)c(Br)c1. The minimum Gasteiger partial charge on any atom is -0.409 e. The molecular weight excluding hydrogens is 337 g/mol. The minimum atomic E-state index is -0.246. The van der Waals surface area contributed by atoms with Crippen molar-refractivity contribution in [1.82, 2.24) is 0 Å². The summed E-state index contributed by atoms with van der Waals surface area (Å²) in [5.41, 5.74) is 8.00. The molecule has 2 aromatic carbocycles. The predicted molar refractivity (Wildman–Crippen MR) is 85.2 cm³/mol. The number of halogens is 2. The van der Waals surface area contributed by atoms with E-state index in [2.05, 4.69) is 21.1 Å². The average molecular weight is 352 g/mol. The Kier molecular flexibility index (Phi) is 4.80. The van der Waals surface area contributed by atoms with Crippen molar-refractivity contribution in [2.45, 2.75) is 6.54 Å². The fraction of sp³-hybridized carbons (Fsp3) is 0.133. The van der Waals surface area contributed by atoms with Crippen molar-refractivity contribution in [3.05, 3.63) is 63.9 Å². The van der Waals surface area contributed by atoms with Crippen LogP contribution in [0.1, 0.15) is 11.1 Å². The van der Waals surface area contributed by atoms with E-state index in [-0.39, 0.29) is 11.7 Å². The zero-order valence-corrected chi connectivity index (χ0v) is 13.0. The maximum atomic E-state index is 13.2. The number of nitrogens with zero attached hydrogens (tertiary/aromatic N) is 2. The summed E-state index contributed by atoms with van der Waals surface area (Å²) in [5, 5.41) is 11.7. The first-order valence-corrected chi connectivity index (χ1v) is 7.03. The highest BCUT2D eigenvalue weighted by atomic mass is 79.9. The normalized spacial score (nSPS) is 11.5. The monoisotopic (exact) mass is 351 g/mol. The standard InChI is InChI=1S/C15H15BrFN3O/c1-20(9-10-3-2-4-11(17)7-10)12-5-6-13(14(16)8-12)15(18)19-21/h2-8,21H,9H2,1H3,(H2,18,19). The second kappa shape index (κ2) is 6.58. The van der Waals surface area contributed by atoms with E-state index in [0.717, 1.165) is 15.7 Å². The van der Waals surface area contributed by atoms with E-state index in [9.17, 15) is 4.39 Å². The zero-order valence-electron chi connectivity index (χ0n) is 11.4. The molecule has 0 amide bonds. The zero-order chi connectivity index (χ0) is 15.4. The molecule has 0 aliphatic rings. The quantitative estimate of drug-likeness (QED) is 0.384. The lowest BCUT2D eigenvalue weighted by atomic mass is 10.1. The van der Waals surface area contributed by atoms with Crippen molar-refractivity contribution in [1.29, 1.82) is 0 Å². The fourth-order valence-electron chi connectivity index (χ4n) is 2.00. The lowest BCUT2D eigenvalue weighted by Crippen LogP contribution is -2.18. The van der Waals surface area contributed by atoms with Gasteiger partial charge < -0.3 is 15.8 Å². The molecule has 0 radical (unpaired) electrons. The predicted octanol–water partition coefficient (Wildman–Crippen LogP) is 3.32. The van der Waals surface area contributed by atoms with Gasteiger partial charge in [0.1, 0.15) is 5.82 Å². The summed E-state index contributed by atoms with van der Waals surface area (Å²) in [6.45, 7) is 0.577.